The Morgan fingerprint density at radius 1 is 1.56 bits per heavy atom. The zero-order chi connectivity index (χ0) is 12.3. The van der Waals surface area contributed by atoms with Gasteiger partial charge >= 0.3 is 0 Å². The van der Waals surface area contributed by atoms with Crippen LogP contribution in [-0.4, -0.2) is 31.4 Å². The van der Waals surface area contributed by atoms with Crippen molar-refractivity contribution in [2.45, 2.75) is 0 Å². The van der Waals surface area contributed by atoms with Gasteiger partial charge in [-0.2, -0.15) is 0 Å². The highest BCUT2D eigenvalue weighted by molar-refractivity contribution is 14.1. The smallest absolute Gasteiger partial charge is 0.241 e. The third-order valence-corrected chi connectivity index (χ3v) is 2.85. The van der Waals surface area contributed by atoms with Crippen LogP contribution >= 0.6 is 22.6 Å². The molecule has 0 radical (unpaired) electrons. The molecule has 0 bridgehead atoms. The van der Waals surface area contributed by atoms with Gasteiger partial charge in [0.25, 0.3) is 0 Å². The number of halogens is 2. The lowest BCUT2D eigenvalue weighted by atomic mass is 10.2. The fourth-order valence-electron chi connectivity index (χ4n) is 1.04. The lowest BCUT2D eigenvalue weighted by molar-refractivity contribution is -0.126. The maximum atomic E-state index is 13.2. The van der Waals surface area contributed by atoms with Gasteiger partial charge in [-0.05, 0) is 28.7 Å². The second-order valence-electron chi connectivity index (χ2n) is 3.50. The molecule has 16 heavy (non-hydrogen) atoms. The molecule has 0 unspecified atom stereocenters. The molecule has 0 spiro atoms. The van der Waals surface area contributed by atoms with E-state index >= 15 is 0 Å². The van der Waals surface area contributed by atoms with E-state index in [1.165, 1.54) is 17.0 Å². The van der Waals surface area contributed by atoms with Crippen LogP contribution < -0.4 is 11.1 Å². The van der Waals surface area contributed by atoms with E-state index in [0.717, 1.165) is 0 Å². The van der Waals surface area contributed by atoms with Gasteiger partial charge in [-0.25, -0.2) is 4.39 Å². The third kappa shape index (κ3) is 3.22. The molecule has 0 heterocycles. The van der Waals surface area contributed by atoms with E-state index in [1.807, 2.05) is 22.6 Å². The minimum Gasteiger partial charge on any atom is -0.397 e. The summed E-state index contributed by atoms with van der Waals surface area (Å²) in [5.74, 6) is -0.451. The molecule has 0 fully saturated rings. The van der Waals surface area contributed by atoms with Gasteiger partial charge in [-0.3, -0.25) is 4.79 Å². The largest absolute Gasteiger partial charge is 0.397 e. The summed E-state index contributed by atoms with van der Waals surface area (Å²) in [6, 6.07) is 2.82. The van der Waals surface area contributed by atoms with Crippen molar-refractivity contribution in [1.82, 2.24) is 4.90 Å². The number of anilines is 2. The van der Waals surface area contributed by atoms with E-state index in [1.54, 1.807) is 14.1 Å². The standard InChI is InChI=1S/C10H13FIN3O/c1-15(2)10(16)5-14-9-3-6(11)7(12)4-8(9)13/h3-4,14H,5,13H2,1-2H3. The van der Waals surface area contributed by atoms with Crippen LogP contribution in [0.25, 0.3) is 0 Å². The Morgan fingerprint density at radius 3 is 2.75 bits per heavy atom. The third-order valence-electron chi connectivity index (χ3n) is 2.02. The molecule has 0 saturated carbocycles. The summed E-state index contributed by atoms with van der Waals surface area (Å²) >= 11 is 1.86. The number of likely N-dealkylation sites (N-methyl/N-ethyl adjacent to an activating group) is 1. The fourth-order valence-corrected chi connectivity index (χ4v) is 1.54. The lowest BCUT2D eigenvalue weighted by Gasteiger charge is -2.13. The molecule has 0 aromatic heterocycles. The maximum absolute atomic E-state index is 13.2. The predicted octanol–water partition coefficient (Wildman–Crippen LogP) is 1.51. The number of rotatable bonds is 3. The number of nitrogens with two attached hydrogens (primary N) is 1. The molecule has 0 atom stereocenters. The molecule has 6 heteroatoms. The van der Waals surface area contributed by atoms with E-state index in [4.69, 9.17) is 5.73 Å². The van der Waals surface area contributed by atoms with Crippen molar-refractivity contribution < 1.29 is 9.18 Å². The second kappa shape index (κ2) is 5.33. The number of hydrogen-bond donors (Lipinski definition) is 2. The average Bonchev–Trinajstić information content (AvgIpc) is 2.20. The number of carbonyl (C=O) groups is 1. The number of nitrogen functional groups attached to an aromatic ring is 1. The van der Waals surface area contributed by atoms with E-state index in [9.17, 15) is 9.18 Å². The zero-order valence-electron chi connectivity index (χ0n) is 9.05. The molecule has 0 aliphatic rings. The monoisotopic (exact) mass is 337 g/mol. The highest BCUT2D eigenvalue weighted by Gasteiger charge is 2.08. The van der Waals surface area contributed by atoms with Crippen molar-refractivity contribution in [3.05, 3.63) is 21.5 Å². The van der Waals surface area contributed by atoms with Crippen LogP contribution in [0.5, 0.6) is 0 Å². The summed E-state index contributed by atoms with van der Waals surface area (Å²) in [4.78, 5) is 12.8. The number of amides is 1. The lowest BCUT2D eigenvalue weighted by Crippen LogP contribution is -2.28. The number of carbonyl (C=O) groups excluding carboxylic acids is 1. The Kier molecular flexibility index (Phi) is 4.34. The van der Waals surface area contributed by atoms with Gasteiger partial charge in [0, 0.05) is 20.2 Å². The van der Waals surface area contributed by atoms with Crippen LogP contribution in [0, 0.1) is 9.39 Å². The van der Waals surface area contributed by atoms with Crippen LogP contribution in [0.1, 0.15) is 0 Å². The highest BCUT2D eigenvalue weighted by Crippen LogP contribution is 2.23. The topological polar surface area (TPSA) is 58.4 Å². The SMILES string of the molecule is CN(C)C(=O)CNc1cc(F)c(I)cc1N. The number of hydrogen-bond acceptors (Lipinski definition) is 3. The Bertz CT molecular complexity index is 409. The number of nitrogens with one attached hydrogen (secondary N) is 1. The van der Waals surface area contributed by atoms with E-state index in [-0.39, 0.29) is 18.3 Å². The first-order valence-corrected chi connectivity index (χ1v) is 5.68. The molecule has 4 nitrogen and oxygen atoms in total. The van der Waals surface area contributed by atoms with Crippen LogP contribution in [-0.2, 0) is 4.79 Å². The minimum atomic E-state index is -0.352. The molecule has 1 rings (SSSR count). The first kappa shape index (κ1) is 13.0. The summed E-state index contributed by atoms with van der Waals surface area (Å²) in [5.41, 5.74) is 6.56. The van der Waals surface area contributed by atoms with Crippen LogP contribution in [0.4, 0.5) is 15.8 Å². The van der Waals surface area contributed by atoms with E-state index in [2.05, 4.69) is 5.32 Å². The maximum Gasteiger partial charge on any atom is 0.241 e. The predicted molar refractivity (Wildman–Crippen MR) is 70.7 cm³/mol. The summed E-state index contributed by atoms with van der Waals surface area (Å²) in [5, 5.41) is 2.80. The summed E-state index contributed by atoms with van der Waals surface area (Å²) in [6.45, 7) is 0.0945. The average molecular weight is 337 g/mol. The van der Waals surface area contributed by atoms with Gasteiger partial charge < -0.3 is 16.0 Å². The normalized spacial score (nSPS) is 10.0. The zero-order valence-corrected chi connectivity index (χ0v) is 11.2. The number of benzene rings is 1. The van der Waals surface area contributed by atoms with Gasteiger partial charge in [0.1, 0.15) is 5.82 Å². The first-order chi connectivity index (χ1) is 7.41. The molecule has 1 aromatic rings. The Morgan fingerprint density at radius 2 is 2.19 bits per heavy atom. The van der Waals surface area contributed by atoms with Crippen molar-refractivity contribution in [1.29, 1.82) is 0 Å². The molecule has 3 N–H and O–H groups in total. The van der Waals surface area contributed by atoms with Crippen LogP contribution in [0.15, 0.2) is 12.1 Å². The van der Waals surface area contributed by atoms with Gasteiger partial charge in [0.2, 0.25) is 5.91 Å². The molecule has 0 saturated heterocycles. The quantitative estimate of drug-likeness (QED) is 0.649. The number of nitrogens with zero attached hydrogens (tertiary/aromatic N) is 1. The first-order valence-electron chi connectivity index (χ1n) is 4.60. The van der Waals surface area contributed by atoms with Crippen molar-refractivity contribution in [2.24, 2.45) is 0 Å². The summed E-state index contributed by atoms with van der Waals surface area (Å²) in [7, 11) is 3.31. The molecule has 1 amide bonds. The summed E-state index contributed by atoms with van der Waals surface area (Å²) in [6.07, 6.45) is 0. The molecule has 0 aliphatic heterocycles. The van der Waals surface area contributed by atoms with Crippen molar-refractivity contribution in [3.8, 4) is 0 Å². The van der Waals surface area contributed by atoms with Gasteiger partial charge in [0.05, 0.1) is 21.5 Å². The van der Waals surface area contributed by atoms with Crippen LogP contribution in [0.3, 0.4) is 0 Å². The minimum absolute atomic E-state index is 0.0945. The Labute approximate surface area is 107 Å². The van der Waals surface area contributed by atoms with Gasteiger partial charge in [0.15, 0.2) is 0 Å². The summed E-state index contributed by atoms with van der Waals surface area (Å²) < 4.78 is 13.7. The van der Waals surface area contributed by atoms with Crippen molar-refractivity contribution in [2.75, 3.05) is 31.7 Å². The molecule has 88 valence electrons. The van der Waals surface area contributed by atoms with Crippen LogP contribution in [0.2, 0.25) is 0 Å². The Balaban J connectivity index is 2.75. The molecular weight excluding hydrogens is 324 g/mol. The van der Waals surface area contributed by atoms with Crippen molar-refractivity contribution in [3.63, 3.8) is 0 Å². The molecule has 0 aliphatic carbocycles. The van der Waals surface area contributed by atoms with Gasteiger partial charge in [-0.15, -0.1) is 0 Å². The highest BCUT2D eigenvalue weighted by atomic mass is 127. The van der Waals surface area contributed by atoms with E-state index in [0.29, 0.717) is 14.9 Å². The van der Waals surface area contributed by atoms with E-state index < -0.39 is 0 Å². The Hall–Kier alpha value is -1.05. The molecular formula is C10H13FIN3O. The van der Waals surface area contributed by atoms with Gasteiger partial charge in [-0.1, -0.05) is 0 Å². The second-order valence-corrected chi connectivity index (χ2v) is 4.66. The van der Waals surface area contributed by atoms with Crippen molar-refractivity contribution >= 4 is 39.9 Å². The molecule has 1 aromatic carbocycles. The fraction of sp³-hybridized carbons (Fsp3) is 0.300.